The molecule has 1 rings (SSSR count). The van der Waals surface area contributed by atoms with Crippen molar-refractivity contribution in [1.82, 2.24) is 9.29 Å². The number of aromatic nitrogens is 1. The quantitative estimate of drug-likeness (QED) is 0.668. The molecule has 0 atom stereocenters. The molecule has 108 valence electrons. The predicted octanol–water partition coefficient (Wildman–Crippen LogP) is 1.92. The number of rotatable bonds is 8. The summed E-state index contributed by atoms with van der Waals surface area (Å²) >= 11 is 3.07. The Kier molecular flexibility index (Phi) is 6.81. The van der Waals surface area contributed by atoms with E-state index in [1.165, 1.54) is 0 Å². The molecule has 0 saturated carbocycles. The molecule has 0 aliphatic rings. The Morgan fingerprint density at radius 2 is 1.95 bits per heavy atom. The molecule has 0 aromatic carbocycles. The first kappa shape index (κ1) is 16.5. The number of halogens is 3. The average molecular weight is 357 g/mol. The molecule has 0 N–H and O–H groups in total. The zero-order chi connectivity index (χ0) is 14.3. The maximum absolute atomic E-state index is 12.4. The van der Waals surface area contributed by atoms with Crippen molar-refractivity contribution in [2.24, 2.45) is 0 Å². The van der Waals surface area contributed by atoms with Gasteiger partial charge in [0.15, 0.2) is 0 Å². The summed E-state index contributed by atoms with van der Waals surface area (Å²) in [5, 5.41) is 0.328. The maximum Gasteiger partial charge on any atom is 0.252 e. The SMILES string of the molecule is O=S(=O)(CCc1ccncc1)N(CCBr)CC(F)F. The Balaban J connectivity index is 2.66. The lowest BCUT2D eigenvalue weighted by Gasteiger charge is -2.20. The van der Waals surface area contributed by atoms with E-state index >= 15 is 0 Å². The molecular weight excluding hydrogens is 342 g/mol. The lowest BCUT2D eigenvalue weighted by molar-refractivity contribution is 0.121. The van der Waals surface area contributed by atoms with E-state index in [0.717, 1.165) is 9.87 Å². The molecule has 0 amide bonds. The second-order valence-corrected chi connectivity index (χ2v) is 6.74. The van der Waals surface area contributed by atoms with Crippen molar-refractivity contribution in [3.8, 4) is 0 Å². The topological polar surface area (TPSA) is 50.3 Å². The van der Waals surface area contributed by atoms with Crippen LogP contribution >= 0.6 is 15.9 Å². The highest BCUT2D eigenvalue weighted by Gasteiger charge is 2.24. The molecule has 0 bridgehead atoms. The first-order valence-corrected chi connectivity index (χ1v) is 8.39. The summed E-state index contributed by atoms with van der Waals surface area (Å²) in [6.45, 7) is -0.715. The summed E-state index contributed by atoms with van der Waals surface area (Å²) in [5.41, 5.74) is 0.814. The second-order valence-electron chi connectivity index (χ2n) is 3.86. The highest BCUT2D eigenvalue weighted by atomic mass is 79.9. The van der Waals surface area contributed by atoms with Crippen LogP contribution in [0.2, 0.25) is 0 Å². The molecule has 19 heavy (non-hydrogen) atoms. The van der Waals surface area contributed by atoms with Crippen LogP contribution in [0.1, 0.15) is 5.56 Å². The maximum atomic E-state index is 12.4. The Morgan fingerprint density at radius 1 is 1.32 bits per heavy atom. The van der Waals surface area contributed by atoms with E-state index in [2.05, 4.69) is 20.9 Å². The molecule has 8 heteroatoms. The average Bonchev–Trinajstić information content (AvgIpc) is 2.37. The summed E-state index contributed by atoms with van der Waals surface area (Å²) in [5.74, 6) is -0.184. The molecule has 4 nitrogen and oxygen atoms in total. The molecule has 0 aliphatic heterocycles. The van der Waals surface area contributed by atoms with Crippen molar-refractivity contribution >= 4 is 26.0 Å². The minimum atomic E-state index is -3.67. The van der Waals surface area contributed by atoms with E-state index in [-0.39, 0.29) is 18.7 Å². The van der Waals surface area contributed by atoms with Crippen molar-refractivity contribution in [3.05, 3.63) is 30.1 Å². The molecule has 0 saturated heterocycles. The van der Waals surface area contributed by atoms with Gasteiger partial charge in [0, 0.05) is 24.3 Å². The third kappa shape index (κ3) is 5.92. The fourth-order valence-corrected chi connectivity index (χ4v) is 3.64. The van der Waals surface area contributed by atoms with Crippen LogP contribution in [0.5, 0.6) is 0 Å². The highest BCUT2D eigenvalue weighted by Crippen LogP contribution is 2.09. The lowest BCUT2D eigenvalue weighted by atomic mass is 10.2. The zero-order valence-corrected chi connectivity index (χ0v) is 12.6. The minimum absolute atomic E-state index is 0.0447. The summed E-state index contributed by atoms with van der Waals surface area (Å²) in [7, 11) is -3.67. The first-order valence-electron chi connectivity index (χ1n) is 5.66. The van der Waals surface area contributed by atoms with Gasteiger partial charge in [0.25, 0.3) is 6.43 Å². The van der Waals surface area contributed by atoms with Gasteiger partial charge in [0.05, 0.1) is 12.3 Å². The molecule has 1 aromatic heterocycles. The number of hydrogen-bond donors (Lipinski definition) is 0. The summed E-state index contributed by atoms with van der Waals surface area (Å²) in [4.78, 5) is 3.83. The van der Waals surface area contributed by atoms with Crippen LogP contribution in [-0.2, 0) is 16.4 Å². The molecule has 1 aromatic rings. The number of sulfonamides is 1. The zero-order valence-electron chi connectivity index (χ0n) is 10.2. The van der Waals surface area contributed by atoms with Crippen LogP contribution < -0.4 is 0 Å². The van der Waals surface area contributed by atoms with Gasteiger partial charge in [-0.25, -0.2) is 17.2 Å². The minimum Gasteiger partial charge on any atom is -0.265 e. The van der Waals surface area contributed by atoms with Gasteiger partial charge in [-0.15, -0.1) is 0 Å². The third-order valence-corrected chi connectivity index (χ3v) is 4.66. The molecule has 1 heterocycles. The Hall–Kier alpha value is -0.600. The van der Waals surface area contributed by atoms with Crippen molar-refractivity contribution in [2.45, 2.75) is 12.8 Å². The molecular formula is C11H15BrF2N2O2S. The van der Waals surface area contributed by atoms with E-state index in [1.54, 1.807) is 24.5 Å². The third-order valence-electron chi connectivity index (χ3n) is 2.47. The van der Waals surface area contributed by atoms with Crippen LogP contribution in [0.4, 0.5) is 8.78 Å². The van der Waals surface area contributed by atoms with Crippen LogP contribution in [-0.4, -0.2) is 48.3 Å². The van der Waals surface area contributed by atoms with E-state index in [9.17, 15) is 17.2 Å². The predicted molar refractivity (Wildman–Crippen MR) is 73.1 cm³/mol. The first-order chi connectivity index (χ1) is 8.95. The normalized spacial score (nSPS) is 12.3. The number of alkyl halides is 3. The van der Waals surface area contributed by atoms with Gasteiger partial charge in [-0.05, 0) is 24.1 Å². The Bertz CT molecular complexity index is 471. The van der Waals surface area contributed by atoms with Crippen molar-refractivity contribution in [2.75, 3.05) is 24.2 Å². The van der Waals surface area contributed by atoms with Crippen molar-refractivity contribution in [1.29, 1.82) is 0 Å². The van der Waals surface area contributed by atoms with Gasteiger partial charge in [0.2, 0.25) is 10.0 Å². The molecule has 0 spiro atoms. The van der Waals surface area contributed by atoms with E-state index < -0.39 is 23.0 Å². The highest BCUT2D eigenvalue weighted by molar-refractivity contribution is 9.09. The van der Waals surface area contributed by atoms with Crippen molar-refractivity contribution in [3.63, 3.8) is 0 Å². The number of hydrogen-bond acceptors (Lipinski definition) is 3. The van der Waals surface area contributed by atoms with Gasteiger partial charge in [-0.3, -0.25) is 4.98 Å². The summed E-state index contributed by atoms with van der Waals surface area (Å²) in [6.07, 6.45) is 0.747. The van der Waals surface area contributed by atoms with E-state index in [1.807, 2.05) is 0 Å². The molecule has 0 unspecified atom stereocenters. The van der Waals surface area contributed by atoms with Crippen molar-refractivity contribution < 1.29 is 17.2 Å². The standard InChI is InChI=1S/C11H15BrF2N2O2S/c12-4-7-16(9-11(13)14)19(17,18)8-3-10-1-5-15-6-2-10/h1-2,5-6,11H,3-4,7-9H2. The van der Waals surface area contributed by atoms with Gasteiger partial charge in [0.1, 0.15) is 0 Å². The van der Waals surface area contributed by atoms with Crippen LogP contribution in [0.25, 0.3) is 0 Å². The Labute approximate surface area is 120 Å². The molecule has 0 radical (unpaired) electrons. The number of aryl methyl sites for hydroxylation is 1. The smallest absolute Gasteiger partial charge is 0.252 e. The fourth-order valence-electron chi connectivity index (χ4n) is 1.52. The Morgan fingerprint density at radius 3 is 2.47 bits per heavy atom. The fraction of sp³-hybridized carbons (Fsp3) is 0.545. The number of pyridine rings is 1. The van der Waals surface area contributed by atoms with Gasteiger partial charge >= 0.3 is 0 Å². The summed E-state index contributed by atoms with van der Waals surface area (Å²) in [6, 6.07) is 3.41. The number of nitrogens with zero attached hydrogens (tertiary/aromatic N) is 2. The van der Waals surface area contributed by atoms with Crippen LogP contribution in [0.15, 0.2) is 24.5 Å². The largest absolute Gasteiger partial charge is 0.265 e. The van der Waals surface area contributed by atoms with Gasteiger partial charge < -0.3 is 0 Å². The monoisotopic (exact) mass is 356 g/mol. The van der Waals surface area contributed by atoms with Gasteiger partial charge in [-0.1, -0.05) is 15.9 Å². The van der Waals surface area contributed by atoms with Gasteiger partial charge in [-0.2, -0.15) is 4.31 Å². The second kappa shape index (κ2) is 7.86. The van der Waals surface area contributed by atoms with Crippen LogP contribution in [0, 0.1) is 0 Å². The molecule has 0 fully saturated rings. The lowest BCUT2D eigenvalue weighted by Crippen LogP contribution is -2.38. The van der Waals surface area contributed by atoms with E-state index in [0.29, 0.717) is 5.33 Å². The molecule has 0 aliphatic carbocycles. The summed E-state index contributed by atoms with van der Waals surface area (Å²) < 4.78 is 49.5. The van der Waals surface area contributed by atoms with Crippen LogP contribution in [0.3, 0.4) is 0 Å². The van der Waals surface area contributed by atoms with E-state index in [4.69, 9.17) is 0 Å².